The van der Waals surface area contributed by atoms with E-state index in [1.165, 1.54) is 11.4 Å². The standard InChI is InChI=1S/C12H18N2OS/c1-11(2)5-8(11)10-14-9(6-16-10)12(13)3-4-15-7-12/h6,8H,3-5,7,13H2,1-2H3. The Labute approximate surface area is 100 Å². The number of thiazole rings is 1. The van der Waals surface area contributed by atoms with Crippen molar-refractivity contribution in [2.24, 2.45) is 11.1 Å². The van der Waals surface area contributed by atoms with E-state index in [1.54, 1.807) is 11.3 Å². The summed E-state index contributed by atoms with van der Waals surface area (Å²) < 4.78 is 5.38. The van der Waals surface area contributed by atoms with Crippen LogP contribution in [0.2, 0.25) is 0 Å². The Morgan fingerprint density at radius 1 is 1.56 bits per heavy atom. The minimum atomic E-state index is -0.326. The molecule has 0 radical (unpaired) electrons. The minimum absolute atomic E-state index is 0.326. The van der Waals surface area contributed by atoms with E-state index >= 15 is 0 Å². The summed E-state index contributed by atoms with van der Waals surface area (Å²) >= 11 is 1.76. The fourth-order valence-corrected chi connectivity index (χ4v) is 3.59. The van der Waals surface area contributed by atoms with Crippen molar-refractivity contribution in [3.8, 4) is 0 Å². The molecule has 2 fully saturated rings. The van der Waals surface area contributed by atoms with E-state index in [2.05, 4.69) is 19.2 Å². The average Bonchev–Trinajstić information content (AvgIpc) is 2.68. The van der Waals surface area contributed by atoms with Gasteiger partial charge in [-0.3, -0.25) is 0 Å². The molecule has 16 heavy (non-hydrogen) atoms. The molecule has 2 aliphatic rings. The van der Waals surface area contributed by atoms with Crippen LogP contribution in [0.5, 0.6) is 0 Å². The van der Waals surface area contributed by atoms with Crippen molar-refractivity contribution in [3.63, 3.8) is 0 Å². The second-order valence-electron chi connectivity index (χ2n) is 5.78. The normalized spacial score (nSPS) is 36.6. The van der Waals surface area contributed by atoms with Gasteiger partial charge < -0.3 is 10.5 Å². The number of rotatable bonds is 2. The Kier molecular flexibility index (Phi) is 2.19. The summed E-state index contributed by atoms with van der Waals surface area (Å²) in [4.78, 5) is 4.74. The van der Waals surface area contributed by atoms with Crippen molar-refractivity contribution >= 4 is 11.3 Å². The van der Waals surface area contributed by atoms with Crippen LogP contribution in [0.25, 0.3) is 0 Å². The third-order valence-corrected chi connectivity index (χ3v) is 4.85. The van der Waals surface area contributed by atoms with Crippen LogP contribution in [0.15, 0.2) is 5.38 Å². The fourth-order valence-electron chi connectivity index (χ4n) is 2.35. The zero-order valence-corrected chi connectivity index (χ0v) is 10.6. The number of hydrogen-bond acceptors (Lipinski definition) is 4. The summed E-state index contributed by atoms with van der Waals surface area (Å²) in [6.45, 7) is 5.98. The molecule has 0 spiro atoms. The van der Waals surface area contributed by atoms with Gasteiger partial charge in [-0.15, -0.1) is 11.3 Å². The van der Waals surface area contributed by atoms with Crippen LogP contribution in [-0.2, 0) is 10.3 Å². The smallest absolute Gasteiger partial charge is 0.0965 e. The maximum absolute atomic E-state index is 6.30. The number of ether oxygens (including phenoxy) is 1. The molecule has 3 nitrogen and oxygen atoms in total. The SMILES string of the molecule is CC1(C)CC1c1nc(C2(N)CCOC2)cs1. The second-order valence-corrected chi connectivity index (χ2v) is 6.66. The van der Waals surface area contributed by atoms with E-state index in [4.69, 9.17) is 15.5 Å². The lowest BCUT2D eigenvalue weighted by Gasteiger charge is -2.18. The zero-order chi connectivity index (χ0) is 11.4. The van der Waals surface area contributed by atoms with Gasteiger partial charge in [-0.2, -0.15) is 0 Å². The summed E-state index contributed by atoms with van der Waals surface area (Å²) in [5.74, 6) is 0.650. The number of nitrogens with zero attached hydrogens (tertiary/aromatic N) is 1. The highest BCUT2D eigenvalue weighted by Crippen LogP contribution is 2.59. The molecule has 1 aromatic rings. The molecule has 0 amide bonds. The Morgan fingerprint density at radius 3 is 2.88 bits per heavy atom. The molecule has 1 aliphatic carbocycles. The van der Waals surface area contributed by atoms with Gasteiger partial charge in [0, 0.05) is 17.9 Å². The van der Waals surface area contributed by atoms with Gasteiger partial charge in [0.1, 0.15) is 0 Å². The molecule has 2 unspecified atom stereocenters. The zero-order valence-electron chi connectivity index (χ0n) is 9.82. The van der Waals surface area contributed by atoms with Gasteiger partial charge in [-0.1, -0.05) is 13.8 Å². The largest absolute Gasteiger partial charge is 0.379 e. The van der Waals surface area contributed by atoms with Crippen LogP contribution in [-0.4, -0.2) is 18.2 Å². The van der Waals surface area contributed by atoms with Gasteiger partial charge in [0.2, 0.25) is 0 Å². The lowest BCUT2D eigenvalue weighted by Crippen LogP contribution is -2.37. The monoisotopic (exact) mass is 238 g/mol. The van der Waals surface area contributed by atoms with Crippen LogP contribution >= 0.6 is 11.3 Å². The molecule has 4 heteroatoms. The maximum Gasteiger partial charge on any atom is 0.0965 e. The molecule has 2 atom stereocenters. The molecule has 1 saturated heterocycles. The van der Waals surface area contributed by atoms with E-state index < -0.39 is 0 Å². The van der Waals surface area contributed by atoms with Crippen molar-refractivity contribution in [1.82, 2.24) is 4.98 Å². The van der Waals surface area contributed by atoms with Gasteiger partial charge in [0.05, 0.1) is 22.8 Å². The highest BCUT2D eigenvalue weighted by molar-refractivity contribution is 7.09. The lowest BCUT2D eigenvalue weighted by atomic mass is 9.97. The first-order chi connectivity index (χ1) is 7.51. The Morgan fingerprint density at radius 2 is 2.31 bits per heavy atom. The first kappa shape index (κ1) is 10.7. The van der Waals surface area contributed by atoms with Crippen LogP contribution in [0.4, 0.5) is 0 Å². The molecular formula is C12H18N2OS. The summed E-state index contributed by atoms with van der Waals surface area (Å²) in [5.41, 5.74) is 7.46. The first-order valence-electron chi connectivity index (χ1n) is 5.84. The second kappa shape index (κ2) is 3.28. The predicted octanol–water partition coefficient (Wildman–Crippen LogP) is 2.23. The van der Waals surface area contributed by atoms with E-state index in [0.717, 1.165) is 18.7 Å². The Balaban J connectivity index is 1.83. The summed E-state index contributed by atoms with van der Waals surface area (Å²) in [7, 11) is 0. The van der Waals surface area contributed by atoms with E-state index in [1.807, 2.05) is 0 Å². The van der Waals surface area contributed by atoms with Crippen molar-refractivity contribution in [1.29, 1.82) is 0 Å². The maximum atomic E-state index is 6.30. The number of aromatic nitrogens is 1. The van der Waals surface area contributed by atoms with E-state index in [0.29, 0.717) is 17.9 Å². The van der Waals surface area contributed by atoms with E-state index in [-0.39, 0.29) is 5.54 Å². The number of nitrogens with two attached hydrogens (primary N) is 1. The van der Waals surface area contributed by atoms with Crippen LogP contribution in [0.1, 0.15) is 43.3 Å². The third-order valence-electron chi connectivity index (χ3n) is 3.90. The molecule has 1 saturated carbocycles. The first-order valence-corrected chi connectivity index (χ1v) is 6.72. The topological polar surface area (TPSA) is 48.1 Å². The molecule has 2 N–H and O–H groups in total. The van der Waals surface area contributed by atoms with E-state index in [9.17, 15) is 0 Å². The van der Waals surface area contributed by atoms with Gasteiger partial charge in [-0.05, 0) is 18.3 Å². The van der Waals surface area contributed by atoms with Gasteiger partial charge in [-0.25, -0.2) is 4.98 Å². The van der Waals surface area contributed by atoms with Crippen molar-refractivity contribution in [2.45, 2.75) is 38.1 Å². The van der Waals surface area contributed by atoms with Crippen molar-refractivity contribution in [3.05, 3.63) is 16.1 Å². The molecular weight excluding hydrogens is 220 g/mol. The quantitative estimate of drug-likeness (QED) is 0.859. The molecule has 0 aromatic carbocycles. The van der Waals surface area contributed by atoms with Gasteiger partial charge in [0.15, 0.2) is 0 Å². The molecule has 88 valence electrons. The number of hydrogen-bond donors (Lipinski definition) is 1. The Bertz CT molecular complexity index is 407. The molecule has 1 aliphatic heterocycles. The molecule has 2 heterocycles. The predicted molar refractivity (Wildman–Crippen MR) is 64.6 cm³/mol. The van der Waals surface area contributed by atoms with Crippen molar-refractivity contribution in [2.75, 3.05) is 13.2 Å². The average molecular weight is 238 g/mol. The third kappa shape index (κ3) is 1.60. The highest BCUT2D eigenvalue weighted by atomic mass is 32.1. The van der Waals surface area contributed by atoms with Crippen LogP contribution < -0.4 is 5.73 Å². The van der Waals surface area contributed by atoms with Gasteiger partial charge in [0.25, 0.3) is 0 Å². The van der Waals surface area contributed by atoms with Crippen LogP contribution in [0.3, 0.4) is 0 Å². The van der Waals surface area contributed by atoms with Crippen LogP contribution in [0, 0.1) is 5.41 Å². The lowest BCUT2D eigenvalue weighted by molar-refractivity contribution is 0.177. The fraction of sp³-hybridized carbons (Fsp3) is 0.750. The van der Waals surface area contributed by atoms with Gasteiger partial charge >= 0.3 is 0 Å². The minimum Gasteiger partial charge on any atom is -0.379 e. The molecule has 3 rings (SSSR count). The van der Waals surface area contributed by atoms with Crippen molar-refractivity contribution < 1.29 is 4.74 Å². The highest BCUT2D eigenvalue weighted by Gasteiger charge is 2.49. The summed E-state index contributed by atoms with van der Waals surface area (Å²) in [6, 6.07) is 0. The summed E-state index contributed by atoms with van der Waals surface area (Å²) in [5, 5.41) is 3.38. The summed E-state index contributed by atoms with van der Waals surface area (Å²) in [6.07, 6.45) is 2.15. The molecule has 1 aromatic heterocycles. The molecule has 0 bridgehead atoms. The Hall–Kier alpha value is -0.450.